The van der Waals surface area contributed by atoms with Crippen molar-refractivity contribution < 1.29 is 0 Å². The molecule has 0 radical (unpaired) electrons. The molecule has 0 fully saturated rings. The van der Waals surface area contributed by atoms with E-state index in [9.17, 15) is 0 Å². The third-order valence-electron chi connectivity index (χ3n) is 4.00. The van der Waals surface area contributed by atoms with E-state index in [-0.39, 0.29) is 7.43 Å². The third kappa shape index (κ3) is 6.04. The van der Waals surface area contributed by atoms with Crippen molar-refractivity contribution in [3.8, 4) is 0 Å². The summed E-state index contributed by atoms with van der Waals surface area (Å²) in [5, 5.41) is 0. The number of hydrogen-bond donors (Lipinski definition) is 2. The van der Waals surface area contributed by atoms with Crippen LogP contribution in [0.25, 0.3) is 0 Å². The smallest absolute Gasteiger partial charge is 0.127 e. The number of anilines is 2. The lowest BCUT2D eigenvalue weighted by molar-refractivity contribution is 0.849. The number of aryl methyl sites for hydroxylation is 4. The minimum atomic E-state index is 0. The van der Waals surface area contributed by atoms with Gasteiger partial charge < -0.3 is 11.5 Å². The Hall–Kier alpha value is -2.10. The Morgan fingerprint density at radius 1 is 0.680 bits per heavy atom. The Kier molecular flexibility index (Phi) is 8.61. The SMILES string of the molecule is C.Cc1cc(C)c(C(C)C)c(N)n1.Cc1cc(C)c(C(C)C)c(N)n1. The Balaban J connectivity index is 0.000000443. The van der Waals surface area contributed by atoms with Gasteiger partial charge >= 0.3 is 0 Å². The summed E-state index contributed by atoms with van der Waals surface area (Å²) >= 11 is 0. The van der Waals surface area contributed by atoms with Gasteiger partial charge in [0.2, 0.25) is 0 Å². The highest BCUT2D eigenvalue weighted by Gasteiger charge is 2.09. The van der Waals surface area contributed by atoms with Crippen molar-refractivity contribution in [3.63, 3.8) is 0 Å². The topological polar surface area (TPSA) is 77.8 Å². The average molecular weight is 345 g/mol. The Morgan fingerprint density at radius 2 is 0.960 bits per heavy atom. The summed E-state index contributed by atoms with van der Waals surface area (Å²) in [7, 11) is 0. The van der Waals surface area contributed by atoms with Crippen LogP contribution in [0.5, 0.6) is 0 Å². The van der Waals surface area contributed by atoms with Crippen LogP contribution in [0.3, 0.4) is 0 Å². The van der Waals surface area contributed by atoms with Crippen molar-refractivity contribution in [1.29, 1.82) is 0 Å². The Morgan fingerprint density at radius 3 is 1.16 bits per heavy atom. The molecular formula is C21H36N4. The van der Waals surface area contributed by atoms with E-state index in [0.717, 1.165) is 11.4 Å². The summed E-state index contributed by atoms with van der Waals surface area (Å²) in [6.45, 7) is 16.6. The molecule has 2 rings (SSSR count). The molecule has 0 aliphatic carbocycles. The van der Waals surface area contributed by atoms with E-state index in [1.807, 2.05) is 13.8 Å². The second kappa shape index (κ2) is 9.40. The fourth-order valence-electron chi connectivity index (χ4n) is 3.25. The quantitative estimate of drug-likeness (QED) is 0.760. The van der Waals surface area contributed by atoms with E-state index in [2.05, 4.69) is 63.6 Å². The van der Waals surface area contributed by atoms with E-state index in [1.54, 1.807) is 0 Å². The molecule has 4 N–H and O–H groups in total. The van der Waals surface area contributed by atoms with Gasteiger partial charge in [-0.2, -0.15) is 0 Å². The minimum absolute atomic E-state index is 0. The monoisotopic (exact) mass is 344 g/mol. The Labute approximate surface area is 154 Å². The van der Waals surface area contributed by atoms with Gasteiger partial charge in [-0.25, -0.2) is 9.97 Å². The molecule has 0 aliphatic heterocycles. The van der Waals surface area contributed by atoms with Crippen molar-refractivity contribution in [2.24, 2.45) is 0 Å². The molecule has 0 spiro atoms. The van der Waals surface area contributed by atoms with Gasteiger partial charge in [-0.3, -0.25) is 0 Å². The van der Waals surface area contributed by atoms with Gasteiger partial charge in [-0.1, -0.05) is 35.1 Å². The second-order valence-corrected chi connectivity index (χ2v) is 7.07. The lowest BCUT2D eigenvalue weighted by Gasteiger charge is -2.12. The second-order valence-electron chi connectivity index (χ2n) is 7.07. The van der Waals surface area contributed by atoms with E-state index in [1.165, 1.54) is 22.3 Å². The van der Waals surface area contributed by atoms with Crippen LogP contribution in [0.4, 0.5) is 11.6 Å². The van der Waals surface area contributed by atoms with Crippen LogP contribution in [0.1, 0.15) is 80.6 Å². The lowest BCUT2D eigenvalue weighted by Crippen LogP contribution is -2.03. The first-order valence-electron chi connectivity index (χ1n) is 8.51. The largest absolute Gasteiger partial charge is 0.383 e. The summed E-state index contributed by atoms with van der Waals surface area (Å²) in [5.41, 5.74) is 18.5. The van der Waals surface area contributed by atoms with Crippen molar-refractivity contribution in [2.75, 3.05) is 11.5 Å². The summed E-state index contributed by atoms with van der Waals surface area (Å²) in [4.78, 5) is 8.47. The first kappa shape index (κ1) is 22.9. The summed E-state index contributed by atoms with van der Waals surface area (Å²) < 4.78 is 0. The number of rotatable bonds is 2. The molecule has 2 aromatic rings. The van der Waals surface area contributed by atoms with Crippen LogP contribution in [0.2, 0.25) is 0 Å². The fourth-order valence-corrected chi connectivity index (χ4v) is 3.25. The molecule has 0 aliphatic rings. The minimum Gasteiger partial charge on any atom is -0.383 e. The van der Waals surface area contributed by atoms with Gasteiger partial charge in [0.15, 0.2) is 0 Å². The standard InChI is InChI=1S/2C10H16N2.CH4/c2*1-6(2)9-7(3)5-8(4)12-10(9)11;/h2*5-6H,1-4H3,(H2,11,12);1H4. The van der Waals surface area contributed by atoms with Crippen molar-refractivity contribution in [3.05, 3.63) is 45.8 Å². The first-order valence-corrected chi connectivity index (χ1v) is 8.51. The van der Waals surface area contributed by atoms with Gasteiger partial charge in [0, 0.05) is 11.4 Å². The average Bonchev–Trinajstić information content (AvgIpc) is 2.35. The molecule has 0 amide bonds. The van der Waals surface area contributed by atoms with Gasteiger partial charge in [-0.15, -0.1) is 0 Å². The highest BCUT2D eigenvalue weighted by molar-refractivity contribution is 5.48. The zero-order valence-electron chi connectivity index (χ0n) is 16.4. The van der Waals surface area contributed by atoms with E-state index in [4.69, 9.17) is 11.5 Å². The predicted octanol–water partition coefficient (Wildman–Crippen LogP) is 5.44. The molecule has 4 heteroatoms. The molecule has 4 nitrogen and oxygen atoms in total. The molecular weight excluding hydrogens is 308 g/mol. The third-order valence-corrected chi connectivity index (χ3v) is 4.00. The van der Waals surface area contributed by atoms with Crippen LogP contribution in [0, 0.1) is 27.7 Å². The lowest BCUT2D eigenvalue weighted by atomic mass is 9.98. The van der Waals surface area contributed by atoms with Crippen molar-refractivity contribution >= 4 is 11.6 Å². The molecule has 25 heavy (non-hydrogen) atoms. The molecule has 0 unspecified atom stereocenters. The first-order chi connectivity index (χ1) is 11.0. The summed E-state index contributed by atoms with van der Waals surface area (Å²) in [5.74, 6) is 2.28. The number of nitrogens with two attached hydrogens (primary N) is 2. The maximum absolute atomic E-state index is 5.81. The zero-order valence-corrected chi connectivity index (χ0v) is 16.4. The normalized spacial score (nSPS) is 10.3. The summed E-state index contributed by atoms with van der Waals surface area (Å²) in [6, 6.07) is 4.15. The Bertz CT molecular complexity index is 596. The molecule has 2 heterocycles. The number of aromatic nitrogens is 2. The molecule has 0 aromatic carbocycles. The molecule has 140 valence electrons. The molecule has 0 saturated carbocycles. The van der Waals surface area contributed by atoms with Crippen molar-refractivity contribution in [2.45, 2.75) is 74.7 Å². The fraction of sp³-hybridized carbons (Fsp3) is 0.524. The van der Waals surface area contributed by atoms with Gasteiger partial charge in [0.1, 0.15) is 11.6 Å². The molecule has 0 saturated heterocycles. The van der Waals surface area contributed by atoms with Crippen LogP contribution < -0.4 is 11.5 Å². The van der Waals surface area contributed by atoms with E-state index in [0.29, 0.717) is 23.5 Å². The van der Waals surface area contributed by atoms with E-state index >= 15 is 0 Å². The zero-order chi connectivity index (χ0) is 18.6. The number of nitrogens with zero attached hydrogens (tertiary/aromatic N) is 2. The van der Waals surface area contributed by atoms with Crippen LogP contribution in [-0.2, 0) is 0 Å². The molecule has 0 bridgehead atoms. The number of pyridine rings is 2. The highest BCUT2D eigenvalue weighted by atomic mass is 14.8. The van der Waals surface area contributed by atoms with Crippen molar-refractivity contribution in [1.82, 2.24) is 9.97 Å². The maximum atomic E-state index is 5.81. The highest BCUT2D eigenvalue weighted by Crippen LogP contribution is 2.25. The predicted molar refractivity (Wildman–Crippen MR) is 111 cm³/mol. The van der Waals surface area contributed by atoms with Gasteiger partial charge in [-0.05, 0) is 73.9 Å². The van der Waals surface area contributed by atoms with Gasteiger partial charge in [0.05, 0.1) is 0 Å². The van der Waals surface area contributed by atoms with Gasteiger partial charge in [0.25, 0.3) is 0 Å². The molecule has 0 atom stereocenters. The molecule has 2 aromatic heterocycles. The van der Waals surface area contributed by atoms with E-state index < -0.39 is 0 Å². The number of nitrogen functional groups attached to an aromatic ring is 2. The van der Waals surface area contributed by atoms with Crippen LogP contribution in [-0.4, -0.2) is 9.97 Å². The van der Waals surface area contributed by atoms with Crippen LogP contribution in [0.15, 0.2) is 12.1 Å². The van der Waals surface area contributed by atoms with Crippen LogP contribution >= 0.6 is 0 Å². The maximum Gasteiger partial charge on any atom is 0.127 e. The number of hydrogen-bond acceptors (Lipinski definition) is 4. The summed E-state index contributed by atoms with van der Waals surface area (Å²) in [6.07, 6.45) is 0.